The summed E-state index contributed by atoms with van der Waals surface area (Å²) in [6, 6.07) is 6.00. The maximum atomic E-state index is 12.5. The van der Waals surface area contributed by atoms with E-state index >= 15 is 0 Å². The minimum absolute atomic E-state index is 0. The van der Waals surface area contributed by atoms with Crippen LogP contribution in [0.3, 0.4) is 0 Å². The summed E-state index contributed by atoms with van der Waals surface area (Å²) in [5.41, 5.74) is 3.26. The van der Waals surface area contributed by atoms with Crippen molar-refractivity contribution in [1.82, 2.24) is 10.2 Å². The number of benzene rings is 1. The zero-order chi connectivity index (χ0) is 13.8. The van der Waals surface area contributed by atoms with Gasteiger partial charge in [0.15, 0.2) is 0 Å². The number of piperidine rings is 1. The number of nitrogens with zero attached hydrogens (tertiary/aromatic N) is 1. The molecule has 1 aliphatic heterocycles. The Kier molecular flexibility index (Phi) is 6.50. The van der Waals surface area contributed by atoms with Crippen molar-refractivity contribution in [3.8, 4) is 0 Å². The van der Waals surface area contributed by atoms with Crippen molar-refractivity contribution >= 4 is 18.3 Å². The fourth-order valence-electron chi connectivity index (χ4n) is 2.76. The van der Waals surface area contributed by atoms with E-state index in [1.54, 1.807) is 0 Å². The fourth-order valence-corrected chi connectivity index (χ4v) is 2.76. The van der Waals surface area contributed by atoms with E-state index in [4.69, 9.17) is 0 Å². The van der Waals surface area contributed by atoms with Crippen LogP contribution in [0.15, 0.2) is 18.2 Å². The largest absolute Gasteiger partial charge is 0.338 e. The van der Waals surface area contributed by atoms with Crippen LogP contribution >= 0.6 is 12.4 Å². The SMILES string of the molecule is CNCC1CCCN(C(=O)c2ccc(C)c(C)c2)C1.Cl. The van der Waals surface area contributed by atoms with Gasteiger partial charge in [0.1, 0.15) is 0 Å². The number of halogens is 1. The first kappa shape index (κ1) is 17.0. The number of likely N-dealkylation sites (tertiary alicyclic amines) is 1. The zero-order valence-electron chi connectivity index (χ0n) is 12.6. The van der Waals surface area contributed by atoms with Crippen LogP contribution in [0.5, 0.6) is 0 Å². The number of aryl methyl sites for hydroxylation is 2. The summed E-state index contributed by atoms with van der Waals surface area (Å²) >= 11 is 0. The van der Waals surface area contributed by atoms with Gasteiger partial charge < -0.3 is 10.2 Å². The monoisotopic (exact) mass is 296 g/mol. The van der Waals surface area contributed by atoms with Gasteiger partial charge in [0, 0.05) is 18.7 Å². The van der Waals surface area contributed by atoms with E-state index in [2.05, 4.69) is 19.2 Å². The highest BCUT2D eigenvalue weighted by atomic mass is 35.5. The lowest BCUT2D eigenvalue weighted by Gasteiger charge is -2.33. The molecule has 1 aromatic rings. The highest BCUT2D eigenvalue weighted by molar-refractivity contribution is 5.94. The molecule has 1 fully saturated rings. The molecular formula is C16H25ClN2O. The van der Waals surface area contributed by atoms with Crippen molar-refractivity contribution in [3.63, 3.8) is 0 Å². The summed E-state index contributed by atoms with van der Waals surface area (Å²) in [5, 5.41) is 3.22. The van der Waals surface area contributed by atoms with Crippen molar-refractivity contribution in [3.05, 3.63) is 34.9 Å². The van der Waals surface area contributed by atoms with E-state index in [0.717, 1.165) is 31.6 Å². The third-order valence-electron chi connectivity index (χ3n) is 4.05. The minimum Gasteiger partial charge on any atom is -0.338 e. The van der Waals surface area contributed by atoms with Gasteiger partial charge in [-0.1, -0.05) is 6.07 Å². The number of hydrogen-bond acceptors (Lipinski definition) is 2. The van der Waals surface area contributed by atoms with Crippen LogP contribution in [-0.4, -0.2) is 37.5 Å². The Bertz CT molecular complexity index is 460. The van der Waals surface area contributed by atoms with Gasteiger partial charge in [-0.3, -0.25) is 4.79 Å². The van der Waals surface area contributed by atoms with Gasteiger partial charge in [-0.25, -0.2) is 0 Å². The molecule has 1 aliphatic rings. The van der Waals surface area contributed by atoms with Crippen LogP contribution in [0, 0.1) is 19.8 Å². The number of amides is 1. The predicted octanol–water partition coefficient (Wildman–Crippen LogP) is 2.80. The summed E-state index contributed by atoms with van der Waals surface area (Å²) in [6.45, 7) is 6.91. The van der Waals surface area contributed by atoms with E-state index in [9.17, 15) is 4.79 Å². The molecule has 0 bridgehead atoms. The molecule has 1 atom stereocenters. The van der Waals surface area contributed by atoms with Gasteiger partial charge in [0.05, 0.1) is 0 Å². The van der Waals surface area contributed by atoms with Crippen LogP contribution in [0.1, 0.15) is 34.3 Å². The lowest BCUT2D eigenvalue weighted by Crippen LogP contribution is -2.42. The maximum Gasteiger partial charge on any atom is 0.253 e. The second-order valence-corrected chi connectivity index (χ2v) is 5.62. The van der Waals surface area contributed by atoms with Crippen molar-refractivity contribution in [2.45, 2.75) is 26.7 Å². The molecule has 4 heteroatoms. The lowest BCUT2D eigenvalue weighted by atomic mass is 9.97. The van der Waals surface area contributed by atoms with Gasteiger partial charge in [-0.05, 0) is 69.5 Å². The fraction of sp³-hybridized carbons (Fsp3) is 0.562. The quantitative estimate of drug-likeness (QED) is 0.930. The molecule has 0 aromatic heterocycles. The number of carbonyl (C=O) groups is 1. The van der Waals surface area contributed by atoms with Gasteiger partial charge >= 0.3 is 0 Å². The van der Waals surface area contributed by atoms with Gasteiger partial charge in [0.25, 0.3) is 5.91 Å². The molecule has 3 nitrogen and oxygen atoms in total. The molecule has 0 saturated carbocycles. The molecule has 20 heavy (non-hydrogen) atoms. The van der Waals surface area contributed by atoms with Crippen LogP contribution in [0.2, 0.25) is 0 Å². The summed E-state index contributed by atoms with van der Waals surface area (Å²) in [5.74, 6) is 0.776. The van der Waals surface area contributed by atoms with E-state index < -0.39 is 0 Å². The Morgan fingerprint density at radius 3 is 2.75 bits per heavy atom. The summed E-state index contributed by atoms with van der Waals surface area (Å²) < 4.78 is 0. The van der Waals surface area contributed by atoms with Crippen molar-refractivity contribution in [2.24, 2.45) is 5.92 Å². The Morgan fingerprint density at radius 1 is 1.35 bits per heavy atom. The third kappa shape index (κ3) is 3.97. The number of hydrogen-bond donors (Lipinski definition) is 1. The van der Waals surface area contributed by atoms with Gasteiger partial charge in [-0.15, -0.1) is 12.4 Å². The van der Waals surface area contributed by atoms with E-state index in [0.29, 0.717) is 5.92 Å². The molecule has 2 rings (SSSR count). The van der Waals surface area contributed by atoms with Crippen LogP contribution in [0.25, 0.3) is 0 Å². The first-order valence-corrected chi connectivity index (χ1v) is 7.13. The first-order chi connectivity index (χ1) is 9.11. The average Bonchev–Trinajstić information content (AvgIpc) is 2.42. The van der Waals surface area contributed by atoms with Crippen molar-refractivity contribution in [2.75, 3.05) is 26.7 Å². The molecule has 0 aliphatic carbocycles. The van der Waals surface area contributed by atoms with E-state index in [1.807, 2.05) is 30.1 Å². The number of rotatable bonds is 3. The molecule has 0 spiro atoms. The minimum atomic E-state index is 0. The Labute approximate surface area is 128 Å². The number of carbonyl (C=O) groups excluding carboxylic acids is 1. The van der Waals surface area contributed by atoms with E-state index in [-0.39, 0.29) is 18.3 Å². The highest BCUT2D eigenvalue weighted by Crippen LogP contribution is 2.19. The van der Waals surface area contributed by atoms with Crippen LogP contribution < -0.4 is 5.32 Å². The Balaban J connectivity index is 0.00000200. The van der Waals surface area contributed by atoms with Gasteiger partial charge in [0.2, 0.25) is 0 Å². The smallest absolute Gasteiger partial charge is 0.253 e. The molecule has 1 saturated heterocycles. The Hall–Kier alpha value is -1.06. The topological polar surface area (TPSA) is 32.3 Å². The van der Waals surface area contributed by atoms with E-state index in [1.165, 1.54) is 17.5 Å². The molecule has 112 valence electrons. The lowest BCUT2D eigenvalue weighted by molar-refractivity contribution is 0.0674. The number of nitrogens with one attached hydrogen (secondary N) is 1. The molecule has 1 heterocycles. The first-order valence-electron chi connectivity index (χ1n) is 7.13. The third-order valence-corrected chi connectivity index (χ3v) is 4.05. The van der Waals surface area contributed by atoms with Crippen LogP contribution in [0.4, 0.5) is 0 Å². The highest BCUT2D eigenvalue weighted by Gasteiger charge is 2.24. The average molecular weight is 297 g/mol. The van der Waals surface area contributed by atoms with Gasteiger partial charge in [-0.2, -0.15) is 0 Å². The molecule has 1 aromatic carbocycles. The Morgan fingerprint density at radius 2 is 2.10 bits per heavy atom. The zero-order valence-corrected chi connectivity index (χ0v) is 13.4. The van der Waals surface area contributed by atoms with Crippen LogP contribution in [-0.2, 0) is 0 Å². The molecule has 1 unspecified atom stereocenters. The van der Waals surface area contributed by atoms with Crippen molar-refractivity contribution < 1.29 is 4.79 Å². The summed E-state index contributed by atoms with van der Waals surface area (Å²) in [4.78, 5) is 14.5. The van der Waals surface area contributed by atoms with Crippen molar-refractivity contribution in [1.29, 1.82) is 0 Å². The molecule has 1 amide bonds. The summed E-state index contributed by atoms with van der Waals surface area (Å²) in [6.07, 6.45) is 2.33. The normalized spacial score (nSPS) is 18.6. The molecule has 0 radical (unpaired) electrons. The second-order valence-electron chi connectivity index (χ2n) is 5.62. The summed E-state index contributed by atoms with van der Waals surface area (Å²) in [7, 11) is 1.98. The molecule has 1 N–H and O–H groups in total. The second kappa shape index (κ2) is 7.65. The maximum absolute atomic E-state index is 12.5. The predicted molar refractivity (Wildman–Crippen MR) is 85.7 cm³/mol. The standard InChI is InChI=1S/C16H24N2O.ClH/c1-12-6-7-15(9-13(12)2)16(19)18-8-4-5-14(11-18)10-17-3;/h6-7,9,14,17H,4-5,8,10-11H2,1-3H3;1H. The molecular weight excluding hydrogens is 272 g/mol.